The Balaban J connectivity index is 0. The molecule has 3 heteroatoms. The highest BCUT2D eigenvalue weighted by atomic mass is 79.9. The summed E-state index contributed by atoms with van der Waals surface area (Å²) in [5.74, 6) is 0. The lowest BCUT2D eigenvalue weighted by Gasteiger charge is -1.85. The van der Waals surface area contributed by atoms with E-state index in [1.807, 2.05) is 20.8 Å². The maximum atomic E-state index is 5.42. The molecule has 0 rings (SSSR count). The normalized spacial score (nSPS) is 12.3. The SMILES string of the molecule is CC(C)Cl.CC(Cl)CBr. The van der Waals surface area contributed by atoms with Gasteiger partial charge in [-0.3, -0.25) is 0 Å². The predicted octanol–water partition coefficient (Wildman–Crippen LogP) is 3.64. The molecule has 0 aliphatic rings. The van der Waals surface area contributed by atoms with E-state index in [0.29, 0.717) is 5.38 Å². The van der Waals surface area contributed by atoms with E-state index < -0.39 is 0 Å². The van der Waals surface area contributed by atoms with Crippen LogP contribution in [-0.2, 0) is 0 Å². The van der Waals surface area contributed by atoms with Crippen LogP contribution in [0.2, 0.25) is 0 Å². The Labute approximate surface area is 76.0 Å². The molecule has 0 N–H and O–H groups in total. The summed E-state index contributed by atoms with van der Waals surface area (Å²) in [4.78, 5) is 0. The third kappa shape index (κ3) is 48.2. The molecule has 0 aromatic carbocycles. The molecule has 0 heterocycles. The van der Waals surface area contributed by atoms with Crippen molar-refractivity contribution in [3.63, 3.8) is 0 Å². The van der Waals surface area contributed by atoms with Gasteiger partial charge in [-0.05, 0) is 20.8 Å². The van der Waals surface area contributed by atoms with Gasteiger partial charge in [0.25, 0.3) is 0 Å². The van der Waals surface area contributed by atoms with E-state index in [-0.39, 0.29) is 5.38 Å². The van der Waals surface area contributed by atoms with Crippen LogP contribution < -0.4 is 0 Å². The molecule has 9 heavy (non-hydrogen) atoms. The molecule has 0 aliphatic heterocycles. The highest BCUT2D eigenvalue weighted by Crippen LogP contribution is 1.95. The van der Waals surface area contributed by atoms with Crippen molar-refractivity contribution in [2.75, 3.05) is 5.33 Å². The molecule has 1 atom stereocenters. The number of rotatable bonds is 1. The minimum Gasteiger partial charge on any atom is -0.124 e. The van der Waals surface area contributed by atoms with Crippen molar-refractivity contribution < 1.29 is 0 Å². The highest BCUT2D eigenvalue weighted by molar-refractivity contribution is 9.09. The Hall–Kier alpha value is 1.06. The van der Waals surface area contributed by atoms with Crippen molar-refractivity contribution >= 4 is 39.1 Å². The average molecular weight is 236 g/mol. The molecule has 0 radical (unpaired) electrons. The Morgan fingerprint density at radius 3 is 1.33 bits per heavy atom. The van der Waals surface area contributed by atoms with Crippen LogP contribution in [0.4, 0.5) is 0 Å². The van der Waals surface area contributed by atoms with Crippen molar-refractivity contribution in [2.24, 2.45) is 0 Å². The molecule has 0 amide bonds. The zero-order chi connectivity index (χ0) is 7.86. The second-order valence-corrected chi connectivity index (χ2v) is 4.21. The van der Waals surface area contributed by atoms with E-state index in [2.05, 4.69) is 15.9 Å². The first-order valence-corrected chi connectivity index (χ1v) is 4.84. The molecular weight excluding hydrogens is 223 g/mol. The largest absolute Gasteiger partial charge is 0.124 e. The Morgan fingerprint density at radius 1 is 1.22 bits per heavy atom. The fourth-order valence-electron chi connectivity index (χ4n) is 0. The van der Waals surface area contributed by atoms with Gasteiger partial charge in [0, 0.05) is 16.1 Å². The van der Waals surface area contributed by atoms with E-state index in [4.69, 9.17) is 23.2 Å². The van der Waals surface area contributed by atoms with Crippen molar-refractivity contribution in [1.29, 1.82) is 0 Å². The third-order valence-corrected chi connectivity index (χ3v) is 1.71. The first-order chi connectivity index (χ1) is 4.00. The van der Waals surface area contributed by atoms with Crippen molar-refractivity contribution in [3.05, 3.63) is 0 Å². The number of alkyl halides is 3. The standard InChI is InChI=1S/C3H6BrCl.C3H7Cl/c1-3(5)2-4;1-3(2)4/h3H,2H2,1H3;3H,1-2H3. The van der Waals surface area contributed by atoms with Crippen molar-refractivity contribution in [3.8, 4) is 0 Å². The van der Waals surface area contributed by atoms with E-state index in [1.54, 1.807) is 0 Å². The van der Waals surface area contributed by atoms with Crippen LogP contribution in [0.15, 0.2) is 0 Å². The van der Waals surface area contributed by atoms with E-state index in [0.717, 1.165) is 5.33 Å². The minimum atomic E-state index is 0.273. The molecule has 58 valence electrons. The smallest absolute Gasteiger partial charge is 0.0404 e. The lowest BCUT2D eigenvalue weighted by Crippen LogP contribution is -1.87. The molecule has 0 saturated heterocycles. The molecule has 0 aliphatic carbocycles. The fraction of sp³-hybridized carbons (Fsp3) is 1.00. The maximum absolute atomic E-state index is 5.42. The molecule has 0 nitrogen and oxygen atoms in total. The molecule has 0 spiro atoms. The summed E-state index contributed by atoms with van der Waals surface area (Å²) in [5.41, 5.74) is 0. The average Bonchev–Trinajstić information content (AvgIpc) is 1.65. The second-order valence-electron chi connectivity index (χ2n) is 1.95. The van der Waals surface area contributed by atoms with Gasteiger partial charge in [-0.15, -0.1) is 23.2 Å². The number of hydrogen-bond acceptors (Lipinski definition) is 0. The highest BCUT2D eigenvalue weighted by Gasteiger charge is 1.84. The van der Waals surface area contributed by atoms with E-state index in [9.17, 15) is 0 Å². The second kappa shape index (κ2) is 9.06. The van der Waals surface area contributed by atoms with Gasteiger partial charge >= 0.3 is 0 Å². The van der Waals surface area contributed by atoms with Gasteiger partial charge in [0.2, 0.25) is 0 Å². The zero-order valence-electron chi connectivity index (χ0n) is 6.00. The first-order valence-electron chi connectivity index (χ1n) is 2.84. The van der Waals surface area contributed by atoms with Gasteiger partial charge in [-0.1, -0.05) is 15.9 Å². The van der Waals surface area contributed by atoms with Crippen LogP contribution in [0.3, 0.4) is 0 Å². The van der Waals surface area contributed by atoms with E-state index >= 15 is 0 Å². The zero-order valence-corrected chi connectivity index (χ0v) is 9.09. The minimum absolute atomic E-state index is 0.273. The summed E-state index contributed by atoms with van der Waals surface area (Å²) in [6.07, 6.45) is 0. The van der Waals surface area contributed by atoms with Crippen LogP contribution in [0.1, 0.15) is 20.8 Å². The lowest BCUT2D eigenvalue weighted by molar-refractivity contribution is 1.10. The van der Waals surface area contributed by atoms with Gasteiger partial charge < -0.3 is 0 Å². The van der Waals surface area contributed by atoms with Gasteiger partial charge in [-0.2, -0.15) is 0 Å². The summed E-state index contributed by atoms with van der Waals surface area (Å²) >= 11 is 13.9. The third-order valence-electron chi connectivity index (χ3n) is 0.213. The summed E-state index contributed by atoms with van der Waals surface area (Å²) in [6.45, 7) is 5.80. The van der Waals surface area contributed by atoms with Crippen molar-refractivity contribution in [2.45, 2.75) is 31.5 Å². The summed E-state index contributed by atoms with van der Waals surface area (Å²) in [7, 11) is 0. The summed E-state index contributed by atoms with van der Waals surface area (Å²) in [6, 6.07) is 0. The van der Waals surface area contributed by atoms with Crippen LogP contribution in [-0.4, -0.2) is 16.1 Å². The first kappa shape index (κ1) is 12.7. The number of halogens is 3. The van der Waals surface area contributed by atoms with Crippen LogP contribution in [0.5, 0.6) is 0 Å². The molecule has 0 aromatic heterocycles. The Bertz CT molecular complexity index is 43.6. The lowest BCUT2D eigenvalue weighted by atomic mass is 10.6. The Kier molecular flexibility index (Phi) is 12.8. The van der Waals surface area contributed by atoms with Crippen LogP contribution >= 0.6 is 39.1 Å². The van der Waals surface area contributed by atoms with E-state index in [1.165, 1.54) is 0 Å². The fourth-order valence-corrected chi connectivity index (χ4v) is 0. The molecule has 0 saturated carbocycles. The number of hydrogen-bond donors (Lipinski definition) is 0. The molecule has 0 aromatic rings. The van der Waals surface area contributed by atoms with Crippen molar-refractivity contribution in [1.82, 2.24) is 0 Å². The van der Waals surface area contributed by atoms with Crippen LogP contribution in [0.25, 0.3) is 0 Å². The van der Waals surface area contributed by atoms with Gasteiger partial charge in [-0.25, -0.2) is 0 Å². The molecule has 0 bridgehead atoms. The monoisotopic (exact) mass is 234 g/mol. The summed E-state index contributed by atoms with van der Waals surface area (Å²) < 4.78 is 0. The molecule has 0 fully saturated rings. The van der Waals surface area contributed by atoms with Gasteiger partial charge in [0.15, 0.2) is 0 Å². The Morgan fingerprint density at radius 2 is 1.33 bits per heavy atom. The van der Waals surface area contributed by atoms with Crippen LogP contribution in [0, 0.1) is 0 Å². The molecule has 1 unspecified atom stereocenters. The molecular formula is C6H13BrCl2. The van der Waals surface area contributed by atoms with Gasteiger partial charge in [0.1, 0.15) is 0 Å². The maximum Gasteiger partial charge on any atom is 0.0404 e. The predicted molar refractivity (Wildman–Crippen MR) is 50.1 cm³/mol. The topological polar surface area (TPSA) is 0 Å². The summed E-state index contributed by atoms with van der Waals surface area (Å²) in [5, 5.41) is 1.46. The van der Waals surface area contributed by atoms with Gasteiger partial charge in [0.05, 0.1) is 0 Å². The quantitative estimate of drug-likeness (QED) is 0.609.